The van der Waals surface area contributed by atoms with E-state index in [1.54, 1.807) is 31.2 Å². The fourth-order valence-electron chi connectivity index (χ4n) is 1.58. The lowest BCUT2D eigenvalue weighted by molar-refractivity contribution is 0.407. The zero-order valence-electron chi connectivity index (χ0n) is 8.90. The molecule has 0 aliphatic heterocycles. The second kappa shape index (κ2) is 3.77. The third-order valence-corrected chi connectivity index (χ3v) is 2.26. The number of phenolic OH excluding ortho intramolecular Hbond substituents is 2. The summed E-state index contributed by atoms with van der Waals surface area (Å²) < 4.78 is 5.44. The van der Waals surface area contributed by atoms with Gasteiger partial charge in [-0.25, -0.2) is 0 Å². The van der Waals surface area contributed by atoms with E-state index in [1.165, 1.54) is 6.07 Å². The summed E-state index contributed by atoms with van der Waals surface area (Å²) in [5.74, 6) is 0.907. The molecule has 3 nitrogen and oxygen atoms in total. The summed E-state index contributed by atoms with van der Waals surface area (Å²) in [5.41, 5.74) is 0. The van der Waals surface area contributed by atoms with Crippen molar-refractivity contribution in [2.24, 2.45) is 0 Å². The molecule has 2 aromatic carbocycles. The molecule has 2 N–H and O–H groups in total. The van der Waals surface area contributed by atoms with Crippen LogP contribution in [0.15, 0.2) is 42.7 Å². The number of hydrogen-bond acceptors (Lipinski definition) is 3. The van der Waals surface area contributed by atoms with E-state index in [4.69, 9.17) is 4.74 Å². The standard InChI is InChI=1S/C13H12O3/c1-8(2)16-12-5-3-4-10-9(12)6-7-11(14)13(10)15/h3-7,14-15H,1H2,2H3. The smallest absolute Gasteiger partial charge is 0.165 e. The molecule has 2 rings (SSSR count). The van der Waals surface area contributed by atoms with E-state index in [-0.39, 0.29) is 11.5 Å². The largest absolute Gasteiger partial charge is 0.504 e. The normalized spacial score (nSPS) is 10.3. The minimum atomic E-state index is -0.139. The second-order valence-corrected chi connectivity index (χ2v) is 3.59. The van der Waals surface area contributed by atoms with Crippen LogP contribution in [0.2, 0.25) is 0 Å². The Balaban J connectivity index is 2.69. The molecule has 0 saturated heterocycles. The fourth-order valence-corrected chi connectivity index (χ4v) is 1.58. The lowest BCUT2D eigenvalue weighted by Gasteiger charge is -2.09. The Bertz CT molecular complexity index is 558. The Morgan fingerprint density at radius 3 is 2.56 bits per heavy atom. The topological polar surface area (TPSA) is 49.7 Å². The van der Waals surface area contributed by atoms with Gasteiger partial charge in [0, 0.05) is 10.8 Å². The van der Waals surface area contributed by atoms with Gasteiger partial charge in [0.1, 0.15) is 5.75 Å². The van der Waals surface area contributed by atoms with Gasteiger partial charge in [-0.3, -0.25) is 0 Å². The van der Waals surface area contributed by atoms with Gasteiger partial charge >= 0.3 is 0 Å². The van der Waals surface area contributed by atoms with Crippen LogP contribution in [0.3, 0.4) is 0 Å². The first-order chi connectivity index (χ1) is 7.59. The van der Waals surface area contributed by atoms with Gasteiger partial charge in [-0.2, -0.15) is 0 Å². The Morgan fingerprint density at radius 2 is 1.88 bits per heavy atom. The molecule has 0 amide bonds. The van der Waals surface area contributed by atoms with Gasteiger partial charge in [0.25, 0.3) is 0 Å². The molecule has 16 heavy (non-hydrogen) atoms. The lowest BCUT2D eigenvalue weighted by atomic mass is 10.1. The van der Waals surface area contributed by atoms with Crippen LogP contribution in [0.1, 0.15) is 6.92 Å². The van der Waals surface area contributed by atoms with Gasteiger partial charge < -0.3 is 14.9 Å². The van der Waals surface area contributed by atoms with Crippen LogP contribution in [0.4, 0.5) is 0 Å². The first kappa shape index (κ1) is 10.4. The Kier molecular flexibility index (Phi) is 2.44. The van der Waals surface area contributed by atoms with Gasteiger partial charge in [0.2, 0.25) is 0 Å². The molecule has 0 spiro atoms. The van der Waals surface area contributed by atoms with E-state index < -0.39 is 0 Å². The summed E-state index contributed by atoms with van der Waals surface area (Å²) in [4.78, 5) is 0. The Morgan fingerprint density at radius 1 is 1.12 bits per heavy atom. The molecule has 0 unspecified atom stereocenters. The highest BCUT2D eigenvalue weighted by molar-refractivity contribution is 5.94. The second-order valence-electron chi connectivity index (χ2n) is 3.59. The molecule has 2 aromatic rings. The van der Waals surface area contributed by atoms with Crippen LogP contribution in [0.25, 0.3) is 10.8 Å². The Hall–Kier alpha value is -2.16. The van der Waals surface area contributed by atoms with Crippen LogP contribution in [0.5, 0.6) is 17.2 Å². The van der Waals surface area contributed by atoms with Crippen molar-refractivity contribution in [3.05, 3.63) is 42.7 Å². The molecule has 0 bridgehead atoms. The number of ether oxygens (including phenoxy) is 1. The van der Waals surface area contributed by atoms with E-state index in [2.05, 4.69) is 6.58 Å². The predicted octanol–water partition coefficient (Wildman–Crippen LogP) is 3.16. The highest BCUT2D eigenvalue weighted by Gasteiger charge is 2.08. The maximum Gasteiger partial charge on any atom is 0.165 e. The number of fused-ring (bicyclic) bond motifs is 1. The Labute approximate surface area is 93.2 Å². The average molecular weight is 216 g/mol. The monoisotopic (exact) mass is 216 g/mol. The maximum atomic E-state index is 9.69. The van der Waals surface area contributed by atoms with Gasteiger partial charge in [-0.15, -0.1) is 0 Å². The minimum absolute atomic E-state index is 0.135. The first-order valence-corrected chi connectivity index (χ1v) is 4.86. The predicted molar refractivity (Wildman–Crippen MR) is 62.7 cm³/mol. The minimum Gasteiger partial charge on any atom is -0.504 e. The van der Waals surface area contributed by atoms with E-state index in [0.717, 1.165) is 5.39 Å². The molecule has 0 fully saturated rings. The van der Waals surface area contributed by atoms with Crippen LogP contribution >= 0.6 is 0 Å². The molecule has 0 aliphatic rings. The lowest BCUT2D eigenvalue weighted by Crippen LogP contribution is -1.89. The van der Waals surface area contributed by atoms with Gasteiger partial charge in [0.05, 0.1) is 5.76 Å². The summed E-state index contributed by atoms with van der Waals surface area (Å²) in [5, 5.41) is 20.4. The molecular weight excluding hydrogens is 204 g/mol. The SMILES string of the molecule is C=C(C)Oc1cccc2c(O)c(O)ccc12. The van der Waals surface area contributed by atoms with E-state index in [1.807, 2.05) is 0 Å². The molecule has 0 aromatic heterocycles. The summed E-state index contributed by atoms with van der Waals surface area (Å²) in [6.07, 6.45) is 0. The maximum absolute atomic E-state index is 9.69. The van der Waals surface area contributed by atoms with Crippen molar-refractivity contribution >= 4 is 10.8 Å². The van der Waals surface area contributed by atoms with Crippen molar-refractivity contribution < 1.29 is 14.9 Å². The van der Waals surface area contributed by atoms with Crippen molar-refractivity contribution in [1.29, 1.82) is 0 Å². The number of allylic oxidation sites excluding steroid dienone is 1. The van der Waals surface area contributed by atoms with Gasteiger partial charge in [-0.05, 0) is 25.1 Å². The van der Waals surface area contributed by atoms with Crippen LogP contribution in [-0.4, -0.2) is 10.2 Å². The van der Waals surface area contributed by atoms with Gasteiger partial charge in [-0.1, -0.05) is 18.7 Å². The zero-order chi connectivity index (χ0) is 11.7. The summed E-state index contributed by atoms with van der Waals surface area (Å²) in [6.45, 7) is 5.41. The number of benzene rings is 2. The van der Waals surface area contributed by atoms with E-state index >= 15 is 0 Å². The highest BCUT2D eigenvalue weighted by atomic mass is 16.5. The van der Waals surface area contributed by atoms with Crippen molar-refractivity contribution in [2.75, 3.05) is 0 Å². The molecule has 0 aliphatic carbocycles. The number of hydrogen-bond donors (Lipinski definition) is 2. The molecule has 0 heterocycles. The molecule has 0 radical (unpaired) electrons. The molecule has 82 valence electrons. The average Bonchev–Trinajstić information content (AvgIpc) is 2.23. The molecule has 0 saturated carbocycles. The van der Waals surface area contributed by atoms with Crippen LogP contribution in [0, 0.1) is 0 Å². The first-order valence-electron chi connectivity index (χ1n) is 4.86. The van der Waals surface area contributed by atoms with Crippen LogP contribution in [-0.2, 0) is 0 Å². The third-order valence-electron chi connectivity index (χ3n) is 2.26. The van der Waals surface area contributed by atoms with Gasteiger partial charge in [0.15, 0.2) is 11.5 Å². The quantitative estimate of drug-likeness (QED) is 0.598. The molecular formula is C13H12O3. The number of rotatable bonds is 2. The summed E-state index contributed by atoms with van der Waals surface area (Å²) >= 11 is 0. The van der Waals surface area contributed by atoms with Crippen LogP contribution < -0.4 is 4.74 Å². The number of phenols is 2. The van der Waals surface area contributed by atoms with Crippen molar-refractivity contribution in [2.45, 2.75) is 6.92 Å². The zero-order valence-corrected chi connectivity index (χ0v) is 8.90. The van der Waals surface area contributed by atoms with E-state index in [9.17, 15) is 10.2 Å². The van der Waals surface area contributed by atoms with Crippen molar-refractivity contribution in [3.8, 4) is 17.2 Å². The number of aromatic hydroxyl groups is 2. The van der Waals surface area contributed by atoms with Crippen molar-refractivity contribution in [1.82, 2.24) is 0 Å². The summed E-state index contributed by atoms with van der Waals surface area (Å²) in [7, 11) is 0. The molecule has 3 heteroatoms. The van der Waals surface area contributed by atoms with Crippen molar-refractivity contribution in [3.63, 3.8) is 0 Å². The molecule has 0 atom stereocenters. The van der Waals surface area contributed by atoms with E-state index in [0.29, 0.717) is 16.9 Å². The third kappa shape index (κ3) is 1.67. The fraction of sp³-hybridized carbons (Fsp3) is 0.0769. The highest BCUT2D eigenvalue weighted by Crippen LogP contribution is 2.37. The summed E-state index contributed by atoms with van der Waals surface area (Å²) in [6, 6.07) is 8.38.